The second kappa shape index (κ2) is 6.40. The summed E-state index contributed by atoms with van der Waals surface area (Å²) in [6.07, 6.45) is 0.141. The topological polar surface area (TPSA) is 58.6 Å². The second-order valence-electron chi connectivity index (χ2n) is 4.83. The zero-order chi connectivity index (χ0) is 13.6. The minimum Gasteiger partial charge on any atom is -0.496 e. The highest BCUT2D eigenvalue weighted by molar-refractivity contribution is 5.76. The Morgan fingerprint density at radius 3 is 2.67 bits per heavy atom. The van der Waals surface area contributed by atoms with E-state index in [4.69, 9.17) is 9.84 Å². The minimum atomic E-state index is -0.224. The predicted molar refractivity (Wildman–Crippen MR) is 70.7 cm³/mol. The van der Waals surface area contributed by atoms with Crippen molar-refractivity contribution in [3.8, 4) is 5.75 Å². The van der Waals surface area contributed by atoms with Gasteiger partial charge in [-0.3, -0.25) is 4.79 Å². The molecule has 100 valence electrons. The van der Waals surface area contributed by atoms with E-state index in [0.717, 1.165) is 11.3 Å². The maximum absolute atomic E-state index is 11.4. The van der Waals surface area contributed by atoms with E-state index in [9.17, 15) is 4.79 Å². The first-order valence-corrected chi connectivity index (χ1v) is 6.02. The van der Waals surface area contributed by atoms with Crippen molar-refractivity contribution in [2.75, 3.05) is 20.3 Å². The van der Waals surface area contributed by atoms with Crippen LogP contribution in [0.25, 0.3) is 0 Å². The molecule has 0 radical (unpaired) electrons. The molecule has 0 bridgehead atoms. The predicted octanol–water partition coefficient (Wildman–Crippen LogP) is 1.47. The first-order chi connectivity index (χ1) is 8.51. The molecule has 0 fully saturated rings. The molecule has 1 aromatic carbocycles. The molecule has 4 nitrogen and oxygen atoms in total. The van der Waals surface area contributed by atoms with Crippen molar-refractivity contribution < 1.29 is 14.6 Å². The van der Waals surface area contributed by atoms with E-state index in [0.29, 0.717) is 6.54 Å². The second-order valence-corrected chi connectivity index (χ2v) is 4.83. The maximum atomic E-state index is 11.4. The summed E-state index contributed by atoms with van der Waals surface area (Å²) in [5.41, 5.74) is 0.828. The van der Waals surface area contributed by atoms with E-state index in [-0.39, 0.29) is 24.3 Å². The van der Waals surface area contributed by atoms with Crippen LogP contribution in [-0.2, 0) is 10.2 Å². The van der Waals surface area contributed by atoms with Crippen molar-refractivity contribution in [1.82, 2.24) is 5.32 Å². The van der Waals surface area contributed by atoms with Gasteiger partial charge in [0.2, 0.25) is 5.91 Å². The fourth-order valence-electron chi connectivity index (χ4n) is 1.81. The number of carbonyl (C=O) groups is 1. The summed E-state index contributed by atoms with van der Waals surface area (Å²) in [7, 11) is 1.64. The first-order valence-electron chi connectivity index (χ1n) is 6.02. The van der Waals surface area contributed by atoms with Crippen LogP contribution in [0.15, 0.2) is 24.3 Å². The molecule has 0 unspecified atom stereocenters. The van der Waals surface area contributed by atoms with Crippen molar-refractivity contribution in [3.05, 3.63) is 29.8 Å². The fourth-order valence-corrected chi connectivity index (χ4v) is 1.81. The Hall–Kier alpha value is -1.55. The highest BCUT2D eigenvalue weighted by Crippen LogP contribution is 2.30. The van der Waals surface area contributed by atoms with Crippen LogP contribution in [-0.4, -0.2) is 31.3 Å². The largest absolute Gasteiger partial charge is 0.496 e. The van der Waals surface area contributed by atoms with Crippen LogP contribution in [0, 0.1) is 0 Å². The van der Waals surface area contributed by atoms with E-state index in [1.54, 1.807) is 7.11 Å². The Labute approximate surface area is 108 Å². The number of nitrogens with one attached hydrogen (secondary N) is 1. The third-order valence-electron chi connectivity index (χ3n) is 2.90. The van der Waals surface area contributed by atoms with Crippen LogP contribution < -0.4 is 10.1 Å². The molecule has 0 heterocycles. The highest BCUT2D eigenvalue weighted by atomic mass is 16.5. The van der Waals surface area contributed by atoms with E-state index in [1.165, 1.54) is 0 Å². The molecule has 0 saturated carbocycles. The maximum Gasteiger partial charge on any atom is 0.222 e. The minimum absolute atomic E-state index is 0.124. The van der Waals surface area contributed by atoms with Gasteiger partial charge in [0.1, 0.15) is 5.75 Å². The normalized spacial score (nSPS) is 11.1. The number of hydrogen-bond donors (Lipinski definition) is 2. The van der Waals surface area contributed by atoms with Gasteiger partial charge in [0.05, 0.1) is 13.7 Å². The van der Waals surface area contributed by atoms with Crippen molar-refractivity contribution in [2.24, 2.45) is 0 Å². The average Bonchev–Trinajstić information content (AvgIpc) is 2.37. The lowest BCUT2D eigenvalue weighted by Crippen LogP contribution is -2.37. The van der Waals surface area contributed by atoms with Crippen LogP contribution in [0.4, 0.5) is 0 Å². The van der Waals surface area contributed by atoms with Gasteiger partial charge < -0.3 is 15.2 Å². The number of carbonyl (C=O) groups excluding carboxylic acids is 1. The van der Waals surface area contributed by atoms with Crippen LogP contribution in [0.3, 0.4) is 0 Å². The summed E-state index contributed by atoms with van der Waals surface area (Å²) in [6.45, 7) is 4.47. The molecular formula is C14H21NO3. The molecular weight excluding hydrogens is 230 g/mol. The van der Waals surface area contributed by atoms with Gasteiger partial charge >= 0.3 is 0 Å². The Kier molecular flexibility index (Phi) is 5.16. The molecule has 0 saturated heterocycles. The fraction of sp³-hybridized carbons (Fsp3) is 0.500. The SMILES string of the molecule is COc1ccccc1C(C)(C)CNC(=O)CCO. The zero-order valence-corrected chi connectivity index (χ0v) is 11.2. The summed E-state index contributed by atoms with van der Waals surface area (Å²) < 4.78 is 5.33. The molecule has 4 heteroatoms. The van der Waals surface area contributed by atoms with Crippen molar-refractivity contribution in [1.29, 1.82) is 0 Å². The van der Waals surface area contributed by atoms with Gasteiger partial charge in [-0.15, -0.1) is 0 Å². The number of rotatable bonds is 6. The highest BCUT2D eigenvalue weighted by Gasteiger charge is 2.24. The Morgan fingerprint density at radius 1 is 1.39 bits per heavy atom. The van der Waals surface area contributed by atoms with Crippen LogP contribution >= 0.6 is 0 Å². The number of methoxy groups -OCH3 is 1. The smallest absolute Gasteiger partial charge is 0.222 e. The molecule has 0 aliphatic heterocycles. The Bertz CT molecular complexity index is 402. The van der Waals surface area contributed by atoms with Crippen molar-refractivity contribution in [3.63, 3.8) is 0 Å². The lowest BCUT2D eigenvalue weighted by molar-refractivity contribution is -0.121. The van der Waals surface area contributed by atoms with Crippen molar-refractivity contribution in [2.45, 2.75) is 25.7 Å². The number of para-hydroxylation sites is 1. The van der Waals surface area contributed by atoms with Gasteiger partial charge in [0, 0.05) is 23.9 Å². The molecule has 18 heavy (non-hydrogen) atoms. The zero-order valence-electron chi connectivity index (χ0n) is 11.2. The molecule has 1 amide bonds. The standard InChI is InChI=1S/C14H21NO3/c1-14(2,10-15-13(17)8-9-16)11-6-4-5-7-12(11)18-3/h4-7,16H,8-10H2,1-3H3,(H,15,17). The Morgan fingerprint density at radius 2 is 2.06 bits per heavy atom. The molecule has 1 aromatic rings. The lowest BCUT2D eigenvalue weighted by atomic mass is 9.84. The summed E-state index contributed by atoms with van der Waals surface area (Å²) in [5.74, 6) is 0.680. The van der Waals surface area contributed by atoms with Crippen LogP contribution in [0.2, 0.25) is 0 Å². The van der Waals surface area contributed by atoms with Gasteiger partial charge in [0.25, 0.3) is 0 Å². The number of amides is 1. The number of hydrogen-bond acceptors (Lipinski definition) is 3. The molecule has 0 atom stereocenters. The van der Waals surface area contributed by atoms with E-state index < -0.39 is 0 Å². The number of aliphatic hydroxyl groups is 1. The van der Waals surface area contributed by atoms with E-state index in [1.807, 2.05) is 38.1 Å². The quantitative estimate of drug-likeness (QED) is 0.805. The number of aliphatic hydroxyl groups excluding tert-OH is 1. The van der Waals surface area contributed by atoms with Gasteiger partial charge in [-0.2, -0.15) is 0 Å². The van der Waals surface area contributed by atoms with E-state index >= 15 is 0 Å². The summed E-state index contributed by atoms with van der Waals surface area (Å²) >= 11 is 0. The molecule has 0 aliphatic rings. The average molecular weight is 251 g/mol. The molecule has 0 aromatic heterocycles. The third kappa shape index (κ3) is 3.74. The first kappa shape index (κ1) is 14.5. The Balaban J connectivity index is 2.76. The lowest BCUT2D eigenvalue weighted by Gasteiger charge is -2.27. The molecule has 0 spiro atoms. The van der Waals surface area contributed by atoms with Crippen molar-refractivity contribution >= 4 is 5.91 Å². The summed E-state index contributed by atoms with van der Waals surface area (Å²) in [5, 5.41) is 11.5. The third-order valence-corrected chi connectivity index (χ3v) is 2.90. The monoisotopic (exact) mass is 251 g/mol. The summed E-state index contributed by atoms with van der Waals surface area (Å²) in [4.78, 5) is 11.4. The molecule has 1 rings (SSSR count). The number of benzene rings is 1. The number of ether oxygens (including phenoxy) is 1. The van der Waals surface area contributed by atoms with Gasteiger partial charge in [0.15, 0.2) is 0 Å². The van der Waals surface area contributed by atoms with Crippen LogP contribution in [0.1, 0.15) is 25.8 Å². The van der Waals surface area contributed by atoms with Gasteiger partial charge in [-0.25, -0.2) is 0 Å². The van der Waals surface area contributed by atoms with Gasteiger partial charge in [-0.1, -0.05) is 32.0 Å². The van der Waals surface area contributed by atoms with Gasteiger partial charge in [-0.05, 0) is 6.07 Å². The molecule has 2 N–H and O–H groups in total. The molecule has 0 aliphatic carbocycles. The van der Waals surface area contributed by atoms with E-state index in [2.05, 4.69) is 5.32 Å². The van der Waals surface area contributed by atoms with Crippen LogP contribution in [0.5, 0.6) is 5.75 Å². The summed E-state index contributed by atoms with van der Waals surface area (Å²) in [6, 6.07) is 7.78.